The number of nitrogens with one attached hydrogen (secondary N) is 2. The zero-order chi connectivity index (χ0) is 29.6. The van der Waals surface area contributed by atoms with Crippen molar-refractivity contribution in [3.05, 3.63) is 77.4 Å². The summed E-state index contributed by atoms with van der Waals surface area (Å²) in [6.45, 7) is 6.25. The molecule has 2 N–H and O–H groups in total. The lowest BCUT2D eigenvalue weighted by Crippen LogP contribution is -2.46. The van der Waals surface area contributed by atoms with Gasteiger partial charge in [-0.2, -0.15) is 13.8 Å². The van der Waals surface area contributed by atoms with E-state index in [1.165, 1.54) is 4.90 Å². The average Bonchev–Trinajstić information content (AvgIpc) is 3.61. The maximum atomic E-state index is 13.5. The van der Waals surface area contributed by atoms with E-state index in [1.807, 2.05) is 44.2 Å². The highest BCUT2D eigenvalue weighted by atomic mass is 32.1. The zero-order valence-corrected chi connectivity index (χ0v) is 24.4. The van der Waals surface area contributed by atoms with Gasteiger partial charge in [-0.1, -0.05) is 50.2 Å². The normalized spacial score (nSPS) is 16.7. The van der Waals surface area contributed by atoms with Crippen molar-refractivity contribution in [1.29, 1.82) is 0 Å². The second-order valence-corrected chi connectivity index (χ2v) is 10.8. The summed E-state index contributed by atoms with van der Waals surface area (Å²) in [4.78, 5) is 46.0. The number of aromatic nitrogens is 5. The summed E-state index contributed by atoms with van der Waals surface area (Å²) in [5, 5.41) is 10.7. The van der Waals surface area contributed by atoms with E-state index in [-0.39, 0.29) is 49.7 Å². The van der Waals surface area contributed by atoms with Crippen LogP contribution in [0.3, 0.4) is 0 Å². The molecule has 4 aromatic rings. The molecule has 42 heavy (non-hydrogen) atoms. The van der Waals surface area contributed by atoms with Crippen LogP contribution in [0.25, 0.3) is 11.4 Å². The monoisotopic (exact) mass is 588 g/mol. The maximum absolute atomic E-state index is 13.5. The Morgan fingerprint density at radius 2 is 1.83 bits per heavy atom. The van der Waals surface area contributed by atoms with Gasteiger partial charge < -0.3 is 20.3 Å². The number of hydrogen-bond acceptors (Lipinski definition) is 9. The summed E-state index contributed by atoms with van der Waals surface area (Å²) >= 11 is 0.933. The molecule has 0 fully saturated rings. The Morgan fingerprint density at radius 1 is 1.05 bits per heavy atom. The predicted octanol–water partition coefficient (Wildman–Crippen LogP) is 2.88. The summed E-state index contributed by atoms with van der Waals surface area (Å²) in [5.41, 5.74) is 1.93. The first kappa shape index (κ1) is 28.9. The van der Waals surface area contributed by atoms with Crippen LogP contribution in [0.15, 0.2) is 54.6 Å². The number of benzene rings is 2. The van der Waals surface area contributed by atoms with Crippen molar-refractivity contribution in [2.45, 2.75) is 33.4 Å². The lowest BCUT2D eigenvalue weighted by Gasteiger charge is -2.25. The van der Waals surface area contributed by atoms with Crippen molar-refractivity contribution < 1.29 is 19.1 Å². The van der Waals surface area contributed by atoms with Gasteiger partial charge in [-0.25, -0.2) is 9.67 Å². The van der Waals surface area contributed by atoms with Gasteiger partial charge in [-0.3, -0.25) is 14.4 Å². The topological polar surface area (TPSA) is 144 Å². The smallest absolute Gasteiger partial charge is 0.276 e. The fourth-order valence-corrected chi connectivity index (χ4v) is 5.13. The van der Waals surface area contributed by atoms with Crippen molar-refractivity contribution in [2.75, 3.05) is 26.2 Å². The second kappa shape index (κ2) is 12.9. The number of ether oxygens (including phenoxy) is 1. The van der Waals surface area contributed by atoms with Crippen LogP contribution in [0.2, 0.25) is 0 Å². The predicted molar refractivity (Wildman–Crippen MR) is 156 cm³/mol. The quantitative estimate of drug-likeness (QED) is 0.372. The molecule has 1 aliphatic heterocycles. The van der Waals surface area contributed by atoms with Crippen molar-refractivity contribution in [3.8, 4) is 17.1 Å². The van der Waals surface area contributed by atoms with Gasteiger partial charge in [0.15, 0.2) is 17.3 Å². The van der Waals surface area contributed by atoms with Crippen molar-refractivity contribution in [2.24, 2.45) is 5.92 Å². The molecule has 13 heteroatoms. The number of aryl methyl sites for hydroxylation is 1. The first-order chi connectivity index (χ1) is 20.3. The molecule has 218 valence electrons. The number of amides is 3. The molecule has 0 saturated heterocycles. The molecule has 12 nitrogen and oxygen atoms in total. The first-order valence-corrected chi connectivity index (χ1v) is 14.4. The first-order valence-electron chi connectivity index (χ1n) is 13.7. The van der Waals surface area contributed by atoms with Gasteiger partial charge in [-0.05, 0) is 31.0 Å². The number of carbonyl (C=O) groups excluding carboxylic acids is 3. The molecule has 1 aliphatic rings. The Morgan fingerprint density at radius 3 is 2.57 bits per heavy atom. The van der Waals surface area contributed by atoms with Crippen molar-refractivity contribution >= 4 is 29.4 Å². The summed E-state index contributed by atoms with van der Waals surface area (Å²) in [5.74, 6) is 0.462. The van der Waals surface area contributed by atoms with Crippen LogP contribution >= 0.6 is 11.7 Å². The largest absolute Gasteiger partial charge is 0.492 e. The lowest BCUT2D eigenvalue weighted by atomic mass is 10.0. The van der Waals surface area contributed by atoms with E-state index in [0.717, 1.165) is 17.3 Å². The van der Waals surface area contributed by atoms with E-state index in [0.29, 0.717) is 35.2 Å². The van der Waals surface area contributed by atoms with Crippen LogP contribution in [0.4, 0.5) is 0 Å². The van der Waals surface area contributed by atoms with Crippen LogP contribution in [-0.2, 0) is 11.3 Å². The highest BCUT2D eigenvalue weighted by Crippen LogP contribution is 2.24. The van der Waals surface area contributed by atoms with Crippen LogP contribution in [0.1, 0.15) is 52.3 Å². The summed E-state index contributed by atoms with van der Waals surface area (Å²) in [7, 11) is 0. The van der Waals surface area contributed by atoms with Gasteiger partial charge in [-0.15, -0.1) is 0 Å². The van der Waals surface area contributed by atoms with Crippen LogP contribution in [0, 0.1) is 12.8 Å². The molecule has 0 radical (unpaired) electrons. The molecule has 2 aromatic carbocycles. The van der Waals surface area contributed by atoms with E-state index >= 15 is 0 Å². The van der Waals surface area contributed by atoms with Crippen LogP contribution in [-0.4, -0.2) is 72.4 Å². The number of nitrogens with zero attached hydrogens (tertiary/aromatic N) is 6. The molecular formula is C29H32N8O4S. The molecule has 3 amide bonds. The van der Waals surface area contributed by atoms with E-state index in [4.69, 9.17) is 14.8 Å². The number of rotatable bonds is 3. The fraction of sp³-hybridized carbons (Fsp3) is 0.345. The lowest BCUT2D eigenvalue weighted by molar-refractivity contribution is -0.123. The molecule has 0 spiro atoms. The molecule has 3 heterocycles. The van der Waals surface area contributed by atoms with E-state index in [1.54, 1.807) is 35.9 Å². The zero-order valence-electron chi connectivity index (χ0n) is 23.6. The van der Waals surface area contributed by atoms with Gasteiger partial charge in [0, 0.05) is 24.2 Å². The Kier molecular flexibility index (Phi) is 8.86. The highest BCUT2D eigenvalue weighted by molar-refractivity contribution is 6.99. The minimum absolute atomic E-state index is 0.0476. The minimum Gasteiger partial charge on any atom is -0.492 e. The third kappa shape index (κ3) is 6.62. The molecule has 0 aliphatic carbocycles. The molecule has 0 unspecified atom stereocenters. The Bertz CT molecular complexity index is 1570. The Hall–Kier alpha value is -4.65. The minimum atomic E-state index is -0.499. The molecule has 2 bridgehead atoms. The van der Waals surface area contributed by atoms with Gasteiger partial charge in [0.1, 0.15) is 12.4 Å². The van der Waals surface area contributed by atoms with Crippen molar-refractivity contribution in [1.82, 2.24) is 39.0 Å². The number of fused-ring (bicyclic) bond motifs is 3. The van der Waals surface area contributed by atoms with Crippen LogP contribution < -0.4 is 15.4 Å². The summed E-state index contributed by atoms with van der Waals surface area (Å²) < 4.78 is 16.0. The molecule has 2 aromatic heterocycles. The van der Waals surface area contributed by atoms with E-state index in [9.17, 15) is 14.4 Å². The summed E-state index contributed by atoms with van der Waals surface area (Å²) in [6.07, 6.45) is 0. The maximum Gasteiger partial charge on any atom is 0.276 e. The second-order valence-electron chi connectivity index (χ2n) is 10.2. The number of hydrogen-bond donors (Lipinski definition) is 2. The average molecular weight is 589 g/mol. The Labute approximate surface area is 247 Å². The number of carbonyl (C=O) groups is 3. The molecule has 5 rings (SSSR count). The summed E-state index contributed by atoms with van der Waals surface area (Å²) in [6, 6.07) is 16.0. The van der Waals surface area contributed by atoms with Gasteiger partial charge in [0.05, 0.1) is 36.6 Å². The Balaban J connectivity index is 1.50. The van der Waals surface area contributed by atoms with Gasteiger partial charge in [0.25, 0.3) is 11.8 Å². The van der Waals surface area contributed by atoms with E-state index in [2.05, 4.69) is 19.4 Å². The molecular weight excluding hydrogens is 556 g/mol. The standard InChI is InChI=1S/C29H32N8O4S/c1-18(2)24-27-32-26(20-8-5-4-6-9-20)33-37(27)14-15-41-22-11-7-10-21(16-22)28(39)30-12-13-36(17-23(38)31-24)29(40)25-19(3)34-42-35-25/h4-11,16,18,24H,12-15,17H2,1-3H3,(H,30,39)(H,31,38)/t24-/m0/s1. The molecule has 1 atom stereocenters. The van der Waals surface area contributed by atoms with E-state index < -0.39 is 11.9 Å². The third-order valence-corrected chi connectivity index (χ3v) is 7.43. The fourth-order valence-electron chi connectivity index (χ4n) is 4.59. The van der Waals surface area contributed by atoms with Crippen LogP contribution in [0.5, 0.6) is 5.75 Å². The highest BCUT2D eigenvalue weighted by Gasteiger charge is 2.29. The van der Waals surface area contributed by atoms with Crippen molar-refractivity contribution in [3.63, 3.8) is 0 Å². The molecule has 0 saturated carbocycles. The van der Waals surface area contributed by atoms with Gasteiger partial charge in [0.2, 0.25) is 5.91 Å². The van der Waals surface area contributed by atoms with Gasteiger partial charge >= 0.3 is 0 Å². The SMILES string of the molecule is Cc1nsnc1C(=O)N1CCNC(=O)c2cccc(c2)OCCn2nc(-c3ccccc3)nc2[C@H](C(C)C)NC(=O)C1. The third-order valence-electron chi connectivity index (χ3n) is 6.81.